The van der Waals surface area contributed by atoms with Gasteiger partial charge in [0.1, 0.15) is 11.6 Å². The van der Waals surface area contributed by atoms with E-state index in [2.05, 4.69) is 21.7 Å². The van der Waals surface area contributed by atoms with Gasteiger partial charge in [0.2, 0.25) is 0 Å². The molecule has 0 aromatic rings. The summed E-state index contributed by atoms with van der Waals surface area (Å²) in [4.78, 5) is 43.6. The van der Waals surface area contributed by atoms with Gasteiger partial charge in [0.25, 0.3) is 0 Å². The van der Waals surface area contributed by atoms with Crippen LogP contribution in [0.2, 0.25) is 0 Å². The molecule has 1 unspecified atom stereocenters. The van der Waals surface area contributed by atoms with E-state index in [-0.39, 0.29) is 35.9 Å². The molecule has 0 amide bonds. The standard InChI is InChI=1S/C18H27N3O3/c1-13(9-16(23)11-15(3)22)19-5-6-20-7-8-21-14(2)10-17(24)12-18(20,21)4/h10H,5-9,11-12H2,1-4H3. The van der Waals surface area contributed by atoms with Gasteiger partial charge in [0.15, 0.2) is 5.78 Å². The van der Waals surface area contributed by atoms with Gasteiger partial charge in [-0.2, -0.15) is 0 Å². The minimum Gasteiger partial charge on any atom is -0.355 e. The van der Waals surface area contributed by atoms with Crippen molar-refractivity contribution in [2.75, 3.05) is 26.2 Å². The number of allylic oxidation sites excluding steroid dienone is 2. The second-order valence-electron chi connectivity index (χ2n) is 7.00. The molecule has 2 heterocycles. The molecule has 1 atom stereocenters. The summed E-state index contributed by atoms with van der Waals surface area (Å²) in [6.45, 7) is 10.5. The average Bonchev–Trinajstić information content (AvgIpc) is 2.74. The third-order valence-electron chi connectivity index (χ3n) is 4.81. The van der Waals surface area contributed by atoms with E-state index in [1.165, 1.54) is 6.92 Å². The zero-order valence-electron chi connectivity index (χ0n) is 15.1. The van der Waals surface area contributed by atoms with Crippen molar-refractivity contribution in [2.45, 2.75) is 52.6 Å². The lowest BCUT2D eigenvalue weighted by atomic mass is 9.97. The second-order valence-corrected chi connectivity index (χ2v) is 7.00. The van der Waals surface area contributed by atoms with Gasteiger partial charge in [0.05, 0.1) is 18.6 Å². The van der Waals surface area contributed by atoms with E-state index >= 15 is 0 Å². The molecule has 6 heteroatoms. The lowest BCUT2D eigenvalue weighted by Crippen LogP contribution is -2.54. The zero-order chi connectivity index (χ0) is 17.9. The van der Waals surface area contributed by atoms with Crippen molar-refractivity contribution in [3.63, 3.8) is 0 Å². The number of fused-ring (bicyclic) bond motifs is 1. The summed E-state index contributed by atoms with van der Waals surface area (Å²) in [6.07, 6.45) is 2.46. The van der Waals surface area contributed by atoms with Crippen LogP contribution in [0.3, 0.4) is 0 Å². The molecule has 2 rings (SSSR count). The van der Waals surface area contributed by atoms with Gasteiger partial charge in [-0.1, -0.05) is 0 Å². The molecule has 2 aliphatic heterocycles. The van der Waals surface area contributed by atoms with E-state index in [1.807, 2.05) is 13.8 Å². The summed E-state index contributed by atoms with van der Waals surface area (Å²) < 4.78 is 0. The molecule has 0 saturated carbocycles. The van der Waals surface area contributed by atoms with Crippen LogP contribution in [0, 0.1) is 0 Å². The first-order valence-corrected chi connectivity index (χ1v) is 8.47. The number of hydrogen-bond donors (Lipinski definition) is 0. The topological polar surface area (TPSA) is 70.1 Å². The van der Waals surface area contributed by atoms with Gasteiger partial charge < -0.3 is 4.90 Å². The Labute approximate surface area is 143 Å². The van der Waals surface area contributed by atoms with Gasteiger partial charge in [-0.25, -0.2) is 0 Å². The summed E-state index contributed by atoms with van der Waals surface area (Å²) in [5.74, 6) is -0.0161. The van der Waals surface area contributed by atoms with E-state index in [4.69, 9.17) is 0 Å². The van der Waals surface area contributed by atoms with Crippen LogP contribution in [0.4, 0.5) is 0 Å². The minimum atomic E-state index is -0.260. The number of carbonyl (C=O) groups excluding carboxylic acids is 3. The van der Waals surface area contributed by atoms with E-state index in [1.54, 1.807) is 6.08 Å². The Balaban J connectivity index is 1.90. The highest BCUT2D eigenvalue weighted by molar-refractivity contribution is 6.07. The molecule has 0 aromatic heterocycles. The molecule has 2 aliphatic rings. The van der Waals surface area contributed by atoms with Crippen molar-refractivity contribution in [1.82, 2.24) is 9.80 Å². The lowest BCUT2D eigenvalue weighted by molar-refractivity contribution is -0.125. The Kier molecular flexibility index (Phi) is 5.70. The Morgan fingerprint density at radius 2 is 1.96 bits per heavy atom. The predicted molar refractivity (Wildman–Crippen MR) is 93.0 cm³/mol. The quantitative estimate of drug-likeness (QED) is 0.523. The number of aliphatic imine (C=N–C) groups is 1. The number of hydrogen-bond acceptors (Lipinski definition) is 6. The van der Waals surface area contributed by atoms with Crippen LogP contribution >= 0.6 is 0 Å². The predicted octanol–water partition coefficient (Wildman–Crippen LogP) is 1.60. The highest BCUT2D eigenvalue weighted by Gasteiger charge is 2.46. The summed E-state index contributed by atoms with van der Waals surface area (Å²) in [6, 6.07) is 0. The molecular weight excluding hydrogens is 306 g/mol. The molecular formula is C18H27N3O3. The van der Waals surface area contributed by atoms with Crippen LogP contribution in [0.25, 0.3) is 0 Å². The fourth-order valence-corrected chi connectivity index (χ4v) is 3.72. The molecule has 0 aliphatic carbocycles. The highest BCUT2D eigenvalue weighted by atomic mass is 16.1. The molecule has 0 bridgehead atoms. The average molecular weight is 333 g/mol. The second kappa shape index (κ2) is 7.38. The Morgan fingerprint density at radius 3 is 2.62 bits per heavy atom. The van der Waals surface area contributed by atoms with Crippen LogP contribution in [0.15, 0.2) is 16.8 Å². The minimum absolute atomic E-state index is 0.0141. The van der Waals surface area contributed by atoms with Gasteiger partial charge in [-0.05, 0) is 27.7 Å². The first kappa shape index (κ1) is 18.5. The van der Waals surface area contributed by atoms with Crippen LogP contribution < -0.4 is 0 Å². The van der Waals surface area contributed by atoms with Crippen molar-refractivity contribution in [1.29, 1.82) is 0 Å². The molecule has 0 N–H and O–H groups in total. The fourth-order valence-electron chi connectivity index (χ4n) is 3.72. The van der Waals surface area contributed by atoms with Crippen LogP contribution in [0.1, 0.15) is 47.0 Å². The summed E-state index contributed by atoms with van der Waals surface area (Å²) in [7, 11) is 0. The molecule has 0 spiro atoms. The third-order valence-corrected chi connectivity index (χ3v) is 4.81. The SMILES string of the molecule is CC(=O)CC(=O)CC(C)=NCCN1CCN2C(C)=CC(=O)CC12C. The van der Waals surface area contributed by atoms with Crippen LogP contribution in [-0.4, -0.2) is 64.7 Å². The largest absolute Gasteiger partial charge is 0.355 e. The molecule has 6 nitrogen and oxygen atoms in total. The number of nitrogens with zero attached hydrogens (tertiary/aromatic N) is 3. The molecule has 1 fully saturated rings. The number of rotatable bonds is 7. The number of Topliss-reactive ketones (excluding diaryl/α,β-unsaturated/α-hetero) is 2. The monoisotopic (exact) mass is 333 g/mol. The summed E-state index contributed by atoms with van der Waals surface area (Å²) >= 11 is 0. The first-order valence-electron chi connectivity index (χ1n) is 8.47. The molecule has 24 heavy (non-hydrogen) atoms. The molecule has 1 saturated heterocycles. The van der Waals surface area contributed by atoms with Crippen molar-refractivity contribution in [3.05, 3.63) is 11.8 Å². The lowest BCUT2D eigenvalue weighted by Gasteiger charge is -2.44. The van der Waals surface area contributed by atoms with Crippen molar-refractivity contribution < 1.29 is 14.4 Å². The van der Waals surface area contributed by atoms with Crippen LogP contribution in [-0.2, 0) is 14.4 Å². The highest BCUT2D eigenvalue weighted by Crippen LogP contribution is 2.36. The molecule has 0 aromatic carbocycles. The van der Waals surface area contributed by atoms with Crippen LogP contribution in [0.5, 0.6) is 0 Å². The van der Waals surface area contributed by atoms with Crippen molar-refractivity contribution >= 4 is 23.1 Å². The van der Waals surface area contributed by atoms with Gasteiger partial charge >= 0.3 is 0 Å². The summed E-state index contributed by atoms with van der Waals surface area (Å²) in [5.41, 5.74) is 1.54. The van der Waals surface area contributed by atoms with Gasteiger partial charge in [-0.3, -0.25) is 24.3 Å². The Hall–Kier alpha value is -1.82. The Bertz CT molecular complexity index is 609. The van der Waals surface area contributed by atoms with Gasteiger partial charge in [-0.15, -0.1) is 0 Å². The van der Waals surface area contributed by atoms with E-state index < -0.39 is 0 Å². The van der Waals surface area contributed by atoms with Crippen molar-refractivity contribution in [3.8, 4) is 0 Å². The third kappa shape index (κ3) is 4.17. The van der Waals surface area contributed by atoms with Crippen molar-refractivity contribution in [2.24, 2.45) is 4.99 Å². The first-order chi connectivity index (χ1) is 11.2. The normalized spacial score (nSPS) is 24.8. The Morgan fingerprint density at radius 1 is 1.25 bits per heavy atom. The van der Waals surface area contributed by atoms with E-state index in [9.17, 15) is 14.4 Å². The zero-order valence-corrected chi connectivity index (χ0v) is 15.1. The number of carbonyl (C=O) groups is 3. The fraction of sp³-hybridized carbons (Fsp3) is 0.667. The van der Waals surface area contributed by atoms with Gasteiger partial charge in [0, 0.05) is 50.0 Å². The smallest absolute Gasteiger partial charge is 0.161 e. The maximum absolute atomic E-state index is 11.9. The van der Waals surface area contributed by atoms with E-state index in [0.29, 0.717) is 13.0 Å². The maximum Gasteiger partial charge on any atom is 0.161 e. The summed E-state index contributed by atoms with van der Waals surface area (Å²) in [5, 5.41) is 0. The molecule has 132 valence electrons. The van der Waals surface area contributed by atoms with E-state index in [0.717, 1.165) is 31.0 Å². The maximum atomic E-state index is 11.9. The number of ketones is 3. The molecule has 0 radical (unpaired) electrons.